The Kier molecular flexibility index (Phi) is 5.16. The summed E-state index contributed by atoms with van der Waals surface area (Å²) in [6.45, 7) is 2.12. The molecule has 0 aromatic heterocycles. The van der Waals surface area contributed by atoms with Crippen LogP contribution in [0.3, 0.4) is 0 Å². The fourth-order valence-electron chi connectivity index (χ4n) is 1.20. The third-order valence-corrected chi connectivity index (χ3v) is 1.95. The van der Waals surface area contributed by atoms with Crippen LogP contribution in [0.15, 0.2) is 24.3 Å². The number of hydrogen-bond donors (Lipinski definition) is 1. The molecule has 0 aliphatic heterocycles. The van der Waals surface area contributed by atoms with Gasteiger partial charge >= 0.3 is 11.9 Å². The molecule has 0 fully saturated rings. The second-order valence-electron chi connectivity index (χ2n) is 3.33. The molecule has 0 spiro atoms. The molecule has 0 aliphatic carbocycles. The van der Waals surface area contributed by atoms with Gasteiger partial charge in [0.05, 0.1) is 0 Å². The maximum atomic E-state index is 11.7. The summed E-state index contributed by atoms with van der Waals surface area (Å²) >= 11 is 0. The van der Waals surface area contributed by atoms with Crippen molar-refractivity contribution >= 4 is 11.9 Å². The maximum absolute atomic E-state index is 11.7. The molecule has 1 aromatic carbocycles. The first kappa shape index (κ1) is 13.2. The van der Waals surface area contributed by atoms with Gasteiger partial charge in [0, 0.05) is 13.5 Å². The van der Waals surface area contributed by atoms with Crippen LogP contribution in [-0.2, 0) is 9.53 Å². The number of esters is 2. The molecule has 0 atom stereocenters. The van der Waals surface area contributed by atoms with E-state index in [2.05, 4.69) is 5.32 Å². The lowest BCUT2D eigenvalue weighted by Crippen LogP contribution is -2.18. The summed E-state index contributed by atoms with van der Waals surface area (Å²) in [5, 5.41) is 2.86. The number of rotatable bonds is 5. The second kappa shape index (κ2) is 6.65. The van der Waals surface area contributed by atoms with Crippen LogP contribution in [0.5, 0.6) is 5.75 Å². The third-order valence-electron chi connectivity index (χ3n) is 1.95. The Morgan fingerprint density at radius 2 is 2.00 bits per heavy atom. The molecular formula is C12H15NO4. The first-order valence-electron chi connectivity index (χ1n) is 5.24. The smallest absolute Gasteiger partial charge is 0.341 e. The normalized spacial score (nSPS) is 9.76. The monoisotopic (exact) mass is 237 g/mol. The summed E-state index contributed by atoms with van der Waals surface area (Å²) in [6, 6.07) is 6.47. The largest absolute Gasteiger partial charge is 0.461 e. The number of benzene rings is 1. The zero-order valence-corrected chi connectivity index (χ0v) is 9.86. The molecular weight excluding hydrogens is 222 g/mol. The molecule has 92 valence electrons. The summed E-state index contributed by atoms with van der Waals surface area (Å²) in [4.78, 5) is 22.5. The SMILES string of the molecule is CNCCOC(=O)c1ccccc1OC(C)=O. The molecule has 5 nitrogen and oxygen atoms in total. The number of hydrogen-bond acceptors (Lipinski definition) is 5. The standard InChI is InChI=1S/C12H15NO4/c1-9(14)17-11-6-4-3-5-10(11)12(15)16-8-7-13-2/h3-6,13H,7-8H2,1-2H3. The number of ether oxygens (including phenoxy) is 2. The van der Waals surface area contributed by atoms with Crippen LogP contribution in [-0.4, -0.2) is 32.1 Å². The predicted molar refractivity (Wildman–Crippen MR) is 62.0 cm³/mol. The Hall–Kier alpha value is -1.88. The molecule has 1 N–H and O–H groups in total. The van der Waals surface area contributed by atoms with E-state index in [-0.39, 0.29) is 17.9 Å². The van der Waals surface area contributed by atoms with Crippen molar-refractivity contribution < 1.29 is 19.1 Å². The summed E-state index contributed by atoms with van der Waals surface area (Å²) in [5.74, 6) is -0.757. The van der Waals surface area contributed by atoms with Crippen molar-refractivity contribution in [3.63, 3.8) is 0 Å². The Labute approximate surface area is 99.7 Å². The van der Waals surface area contributed by atoms with Crippen molar-refractivity contribution in [3.8, 4) is 5.75 Å². The number of nitrogens with one attached hydrogen (secondary N) is 1. The Balaban J connectivity index is 2.74. The highest BCUT2D eigenvalue weighted by atomic mass is 16.5. The van der Waals surface area contributed by atoms with Gasteiger partial charge in [-0.05, 0) is 19.2 Å². The number of likely N-dealkylation sites (N-methyl/N-ethyl adjacent to an activating group) is 1. The molecule has 1 aromatic rings. The molecule has 0 unspecified atom stereocenters. The van der Waals surface area contributed by atoms with Crippen LogP contribution in [0, 0.1) is 0 Å². The average molecular weight is 237 g/mol. The molecule has 0 saturated heterocycles. The number of para-hydroxylation sites is 1. The summed E-state index contributed by atoms with van der Waals surface area (Å²) in [5.41, 5.74) is 0.249. The van der Waals surface area contributed by atoms with Crippen molar-refractivity contribution in [1.29, 1.82) is 0 Å². The van der Waals surface area contributed by atoms with Crippen LogP contribution in [0.2, 0.25) is 0 Å². The van der Waals surface area contributed by atoms with Gasteiger partial charge in [-0.1, -0.05) is 12.1 Å². The van der Waals surface area contributed by atoms with Gasteiger partial charge in [-0.2, -0.15) is 0 Å². The minimum absolute atomic E-state index is 0.217. The Morgan fingerprint density at radius 1 is 1.29 bits per heavy atom. The zero-order valence-electron chi connectivity index (χ0n) is 9.86. The van der Waals surface area contributed by atoms with E-state index in [1.54, 1.807) is 31.3 Å². The van der Waals surface area contributed by atoms with E-state index < -0.39 is 11.9 Å². The zero-order chi connectivity index (χ0) is 12.7. The first-order valence-corrected chi connectivity index (χ1v) is 5.24. The lowest BCUT2D eigenvalue weighted by Gasteiger charge is -2.08. The van der Waals surface area contributed by atoms with Gasteiger partial charge < -0.3 is 14.8 Å². The van der Waals surface area contributed by atoms with Gasteiger partial charge in [0.15, 0.2) is 0 Å². The van der Waals surface area contributed by atoms with Crippen LogP contribution in [0.1, 0.15) is 17.3 Å². The minimum Gasteiger partial charge on any atom is -0.461 e. The molecule has 0 radical (unpaired) electrons. The van der Waals surface area contributed by atoms with Crippen LogP contribution in [0.4, 0.5) is 0 Å². The quantitative estimate of drug-likeness (QED) is 0.470. The van der Waals surface area contributed by atoms with E-state index in [0.717, 1.165) is 0 Å². The van der Waals surface area contributed by atoms with Gasteiger partial charge in [-0.3, -0.25) is 4.79 Å². The van der Waals surface area contributed by atoms with E-state index in [9.17, 15) is 9.59 Å². The molecule has 5 heteroatoms. The number of carbonyl (C=O) groups is 2. The van der Waals surface area contributed by atoms with Gasteiger partial charge in [0.25, 0.3) is 0 Å². The van der Waals surface area contributed by atoms with Gasteiger partial charge in [0.2, 0.25) is 0 Å². The van der Waals surface area contributed by atoms with Crippen LogP contribution < -0.4 is 10.1 Å². The third kappa shape index (κ3) is 4.24. The van der Waals surface area contributed by atoms with Gasteiger partial charge in [-0.25, -0.2) is 4.79 Å². The predicted octanol–water partition coefficient (Wildman–Crippen LogP) is 0.988. The van der Waals surface area contributed by atoms with Crippen molar-refractivity contribution in [3.05, 3.63) is 29.8 Å². The Bertz CT molecular complexity index is 403. The molecule has 0 heterocycles. The molecule has 0 bridgehead atoms. The summed E-state index contributed by atoms with van der Waals surface area (Å²) in [7, 11) is 1.76. The topological polar surface area (TPSA) is 64.6 Å². The van der Waals surface area contributed by atoms with Crippen LogP contribution >= 0.6 is 0 Å². The van der Waals surface area contributed by atoms with Crippen LogP contribution in [0.25, 0.3) is 0 Å². The van der Waals surface area contributed by atoms with E-state index in [4.69, 9.17) is 9.47 Å². The molecule has 1 rings (SSSR count). The molecule has 17 heavy (non-hydrogen) atoms. The maximum Gasteiger partial charge on any atom is 0.341 e. The second-order valence-corrected chi connectivity index (χ2v) is 3.33. The molecule has 0 saturated carbocycles. The van der Waals surface area contributed by atoms with E-state index in [0.29, 0.717) is 6.54 Å². The highest BCUT2D eigenvalue weighted by molar-refractivity contribution is 5.93. The molecule has 0 aliphatic rings. The highest BCUT2D eigenvalue weighted by Crippen LogP contribution is 2.18. The highest BCUT2D eigenvalue weighted by Gasteiger charge is 2.14. The lowest BCUT2D eigenvalue weighted by atomic mass is 10.2. The average Bonchev–Trinajstić information content (AvgIpc) is 2.29. The van der Waals surface area contributed by atoms with Crippen molar-refractivity contribution in [2.45, 2.75) is 6.92 Å². The van der Waals surface area contributed by atoms with E-state index in [1.807, 2.05) is 0 Å². The fraction of sp³-hybridized carbons (Fsp3) is 0.333. The van der Waals surface area contributed by atoms with Crippen molar-refractivity contribution in [2.24, 2.45) is 0 Å². The molecule has 0 amide bonds. The van der Waals surface area contributed by atoms with Crippen molar-refractivity contribution in [2.75, 3.05) is 20.2 Å². The Morgan fingerprint density at radius 3 is 2.65 bits per heavy atom. The summed E-state index contributed by atoms with van der Waals surface area (Å²) in [6.07, 6.45) is 0. The van der Waals surface area contributed by atoms with Gasteiger partial charge in [0.1, 0.15) is 17.9 Å². The first-order chi connectivity index (χ1) is 8.15. The lowest BCUT2D eigenvalue weighted by molar-refractivity contribution is -0.131. The van der Waals surface area contributed by atoms with E-state index in [1.165, 1.54) is 6.92 Å². The van der Waals surface area contributed by atoms with E-state index >= 15 is 0 Å². The van der Waals surface area contributed by atoms with Crippen molar-refractivity contribution in [1.82, 2.24) is 5.32 Å². The minimum atomic E-state index is -0.503. The number of carbonyl (C=O) groups excluding carboxylic acids is 2. The fourth-order valence-corrected chi connectivity index (χ4v) is 1.20. The van der Waals surface area contributed by atoms with Gasteiger partial charge in [-0.15, -0.1) is 0 Å². The summed E-state index contributed by atoms with van der Waals surface area (Å²) < 4.78 is 9.92.